The Morgan fingerprint density at radius 2 is 2.22 bits per heavy atom. The van der Waals surface area contributed by atoms with E-state index in [4.69, 9.17) is 11.6 Å². The zero-order valence-electron chi connectivity index (χ0n) is 9.67. The van der Waals surface area contributed by atoms with E-state index in [2.05, 4.69) is 26.6 Å². The molecule has 1 aromatic carbocycles. The van der Waals surface area contributed by atoms with Gasteiger partial charge in [-0.25, -0.2) is 4.79 Å². The number of carbonyl (C=O) groups is 1. The largest absolute Gasteiger partial charge is 0.388 e. The zero-order chi connectivity index (χ0) is 13.2. The quantitative estimate of drug-likeness (QED) is 0.796. The van der Waals surface area contributed by atoms with Gasteiger partial charge in [-0.15, -0.1) is 0 Å². The molecule has 0 radical (unpaired) electrons. The van der Waals surface area contributed by atoms with Crippen molar-refractivity contribution in [3.05, 3.63) is 27.7 Å². The lowest BCUT2D eigenvalue weighted by Gasteiger charge is -2.36. The standard InChI is InChI=1S/C12H14BrClN2O2/c13-9-6-8(2-3-10(9)14)16-11(17)15-7-12(18)4-1-5-12/h2-3,6,18H,1,4-5,7H2,(H2,15,16,17). The summed E-state index contributed by atoms with van der Waals surface area (Å²) in [5.74, 6) is 0. The highest BCUT2D eigenvalue weighted by Gasteiger charge is 2.34. The van der Waals surface area contributed by atoms with E-state index in [0.29, 0.717) is 10.7 Å². The van der Waals surface area contributed by atoms with Crippen LogP contribution < -0.4 is 10.6 Å². The number of amides is 2. The minimum absolute atomic E-state index is 0.285. The van der Waals surface area contributed by atoms with E-state index in [9.17, 15) is 9.90 Å². The lowest BCUT2D eigenvalue weighted by molar-refractivity contribution is -0.0287. The maximum absolute atomic E-state index is 11.6. The third-order valence-corrected chi connectivity index (χ3v) is 4.25. The first-order chi connectivity index (χ1) is 8.48. The molecule has 1 aliphatic carbocycles. The van der Waals surface area contributed by atoms with Gasteiger partial charge in [0, 0.05) is 16.7 Å². The van der Waals surface area contributed by atoms with Crippen LogP contribution in [-0.4, -0.2) is 23.3 Å². The van der Waals surface area contributed by atoms with E-state index in [0.717, 1.165) is 23.7 Å². The van der Waals surface area contributed by atoms with Crippen molar-refractivity contribution in [2.45, 2.75) is 24.9 Å². The molecule has 0 heterocycles. The Kier molecular flexibility index (Phi) is 4.14. The predicted molar refractivity (Wildman–Crippen MR) is 75.0 cm³/mol. The number of urea groups is 1. The summed E-state index contributed by atoms with van der Waals surface area (Å²) in [5.41, 5.74) is -0.0675. The fourth-order valence-electron chi connectivity index (χ4n) is 1.76. The van der Waals surface area contributed by atoms with Crippen LogP contribution in [-0.2, 0) is 0 Å². The van der Waals surface area contributed by atoms with Gasteiger partial charge in [0.15, 0.2) is 0 Å². The molecule has 1 saturated carbocycles. The maximum Gasteiger partial charge on any atom is 0.319 e. The Bertz CT molecular complexity index is 463. The topological polar surface area (TPSA) is 61.4 Å². The van der Waals surface area contributed by atoms with E-state index < -0.39 is 5.60 Å². The molecule has 18 heavy (non-hydrogen) atoms. The van der Waals surface area contributed by atoms with Gasteiger partial charge in [-0.1, -0.05) is 11.6 Å². The molecule has 0 bridgehead atoms. The molecule has 6 heteroatoms. The van der Waals surface area contributed by atoms with Gasteiger partial charge in [0.25, 0.3) is 0 Å². The number of carbonyl (C=O) groups excluding carboxylic acids is 1. The van der Waals surface area contributed by atoms with Gasteiger partial charge in [-0.3, -0.25) is 0 Å². The van der Waals surface area contributed by atoms with E-state index in [1.54, 1.807) is 18.2 Å². The van der Waals surface area contributed by atoms with Crippen LogP contribution in [0.5, 0.6) is 0 Å². The summed E-state index contributed by atoms with van der Waals surface area (Å²) in [6.07, 6.45) is 2.52. The molecule has 0 spiro atoms. The van der Waals surface area contributed by atoms with Gasteiger partial charge in [-0.05, 0) is 53.4 Å². The van der Waals surface area contributed by atoms with Crippen molar-refractivity contribution in [3.63, 3.8) is 0 Å². The van der Waals surface area contributed by atoms with Gasteiger partial charge in [-0.2, -0.15) is 0 Å². The Balaban J connectivity index is 1.85. The van der Waals surface area contributed by atoms with Crippen LogP contribution in [0, 0.1) is 0 Å². The highest BCUT2D eigenvalue weighted by molar-refractivity contribution is 9.10. The number of benzene rings is 1. The highest BCUT2D eigenvalue weighted by Crippen LogP contribution is 2.30. The minimum atomic E-state index is -0.710. The fourth-order valence-corrected chi connectivity index (χ4v) is 2.25. The van der Waals surface area contributed by atoms with E-state index in [-0.39, 0.29) is 12.6 Å². The second kappa shape index (κ2) is 5.47. The Hall–Kier alpha value is -0.780. The van der Waals surface area contributed by atoms with Gasteiger partial charge >= 0.3 is 6.03 Å². The van der Waals surface area contributed by atoms with Crippen LogP contribution in [0.4, 0.5) is 10.5 Å². The molecule has 3 N–H and O–H groups in total. The molecule has 1 aromatic rings. The van der Waals surface area contributed by atoms with Crippen LogP contribution in [0.1, 0.15) is 19.3 Å². The van der Waals surface area contributed by atoms with Crippen LogP contribution in [0.15, 0.2) is 22.7 Å². The van der Waals surface area contributed by atoms with Gasteiger partial charge < -0.3 is 15.7 Å². The second-order valence-corrected chi connectivity index (χ2v) is 5.78. The third-order valence-electron chi connectivity index (χ3n) is 3.04. The molecule has 1 fully saturated rings. The monoisotopic (exact) mass is 332 g/mol. The highest BCUT2D eigenvalue weighted by atomic mass is 79.9. The summed E-state index contributed by atoms with van der Waals surface area (Å²) in [6.45, 7) is 0.285. The zero-order valence-corrected chi connectivity index (χ0v) is 12.0. The van der Waals surface area contributed by atoms with Crippen molar-refractivity contribution in [2.24, 2.45) is 0 Å². The summed E-state index contributed by atoms with van der Waals surface area (Å²) >= 11 is 9.14. The molecule has 0 aromatic heterocycles. The first kappa shape index (κ1) is 13.6. The Morgan fingerprint density at radius 3 is 2.78 bits per heavy atom. The van der Waals surface area contributed by atoms with Gasteiger partial charge in [0.1, 0.15) is 0 Å². The van der Waals surface area contributed by atoms with Crippen LogP contribution >= 0.6 is 27.5 Å². The lowest BCUT2D eigenvalue weighted by atomic mass is 9.80. The van der Waals surface area contributed by atoms with Gasteiger partial charge in [0.2, 0.25) is 0 Å². The van der Waals surface area contributed by atoms with Crippen molar-refractivity contribution in [2.75, 3.05) is 11.9 Å². The molecule has 0 aliphatic heterocycles. The number of hydrogen-bond acceptors (Lipinski definition) is 2. The SMILES string of the molecule is O=C(NCC1(O)CCC1)Nc1ccc(Cl)c(Br)c1. The molecule has 2 rings (SSSR count). The van der Waals surface area contributed by atoms with Crippen molar-refractivity contribution in [1.29, 1.82) is 0 Å². The summed E-state index contributed by atoms with van der Waals surface area (Å²) in [6, 6.07) is 4.80. The third kappa shape index (κ3) is 3.37. The van der Waals surface area contributed by atoms with Crippen LogP contribution in [0.2, 0.25) is 5.02 Å². The lowest BCUT2D eigenvalue weighted by Crippen LogP contribution is -2.48. The normalized spacial score (nSPS) is 16.8. The molecule has 0 saturated heterocycles. The average molecular weight is 334 g/mol. The summed E-state index contributed by atoms with van der Waals surface area (Å²) in [5, 5.41) is 15.8. The molecular weight excluding hydrogens is 320 g/mol. The van der Waals surface area contributed by atoms with Crippen LogP contribution in [0.25, 0.3) is 0 Å². The summed E-state index contributed by atoms with van der Waals surface area (Å²) < 4.78 is 0.722. The summed E-state index contributed by atoms with van der Waals surface area (Å²) in [7, 11) is 0. The second-order valence-electron chi connectivity index (χ2n) is 4.51. The van der Waals surface area contributed by atoms with Crippen molar-refractivity contribution in [1.82, 2.24) is 5.32 Å². The molecule has 0 atom stereocenters. The number of nitrogens with one attached hydrogen (secondary N) is 2. The molecule has 0 unspecified atom stereocenters. The van der Waals surface area contributed by atoms with Crippen molar-refractivity contribution in [3.8, 4) is 0 Å². The molecular formula is C12H14BrClN2O2. The number of hydrogen-bond donors (Lipinski definition) is 3. The van der Waals surface area contributed by atoms with Crippen molar-refractivity contribution >= 4 is 39.2 Å². The van der Waals surface area contributed by atoms with Crippen molar-refractivity contribution < 1.29 is 9.90 Å². The number of rotatable bonds is 3. The number of anilines is 1. The van der Waals surface area contributed by atoms with E-state index in [1.165, 1.54) is 0 Å². The maximum atomic E-state index is 11.6. The molecule has 1 aliphatic rings. The van der Waals surface area contributed by atoms with Gasteiger partial charge in [0.05, 0.1) is 10.6 Å². The first-order valence-electron chi connectivity index (χ1n) is 5.71. The minimum Gasteiger partial charge on any atom is -0.388 e. The fraction of sp³-hybridized carbons (Fsp3) is 0.417. The smallest absolute Gasteiger partial charge is 0.319 e. The molecule has 98 valence electrons. The first-order valence-corrected chi connectivity index (χ1v) is 6.88. The average Bonchev–Trinajstić information content (AvgIpc) is 2.29. The Labute approximate surface area is 119 Å². The van der Waals surface area contributed by atoms with E-state index >= 15 is 0 Å². The number of halogens is 2. The van der Waals surface area contributed by atoms with E-state index in [1.807, 2.05) is 0 Å². The number of aliphatic hydroxyl groups is 1. The molecule has 2 amide bonds. The Morgan fingerprint density at radius 1 is 1.50 bits per heavy atom. The van der Waals surface area contributed by atoms with Crippen LogP contribution in [0.3, 0.4) is 0 Å². The predicted octanol–water partition coefficient (Wildman–Crippen LogP) is 3.14. The molecule has 4 nitrogen and oxygen atoms in total. The summed E-state index contributed by atoms with van der Waals surface area (Å²) in [4.78, 5) is 11.6.